The summed E-state index contributed by atoms with van der Waals surface area (Å²) in [4.78, 5) is 14.1. The molecule has 1 aliphatic rings. The summed E-state index contributed by atoms with van der Waals surface area (Å²) in [6.45, 7) is 0.670. The molecule has 23 heavy (non-hydrogen) atoms. The minimum atomic E-state index is -0.698. The van der Waals surface area contributed by atoms with E-state index >= 15 is 0 Å². The highest BCUT2D eigenvalue weighted by atomic mass is 35.5. The first kappa shape index (κ1) is 16.0. The number of aliphatic hydroxyl groups excluding tert-OH is 2. The number of halogens is 1. The highest BCUT2D eigenvalue weighted by Gasteiger charge is 2.30. The number of carbonyl (C=O) groups is 1. The number of rotatable bonds is 3. The van der Waals surface area contributed by atoms with Crippen LogP contribution in [0.5, 0.6) is 0 Å². The molecule has 122 valence electrons. The van der Waals surface area contributed by atoms with Crippen molar-refractivity contribution < 1.29 is 15.0 Å². The van der Waals surface area contributed by atoms with Crippen LogP contribution in [-0.4, -0.2) is 57.0 Å². The van der Waals surface area contributed by atoms with Gasteiger partial charge in [0.05, 0.1) is 11.8 Å². The molecule has 0 saturated carbocycles. The molecule has 1 aliphatic heterocycles. The van der Waals surface area contributed by atoms with Crippen molar-refractivity contribution in [3.63, 3.8) is 0 Å². The third kappa shape index (κ3) is 3.39. The number of aliphatic hydroxyl groups is 2. The standard InChI is InChI=1S/C16H18ClN3O3/c17-12-3-1-10(2-4-12)13-7-14(19-18-13)16(23)20-6-5-11(9-21)15(22)8-20/h1-4,7,11,15,21-22H,5-6,8-9H2,(H,18,19)/t11-,15-/m1/s1. The molecule has 1 aromatic heterocycles. The summed E-state index contributed by atoms with van der Waals surface area (Å²) in [6, 6.07) is 8.90. The van der Waals surface area contributed by atoms with Gasteiger partial charge in [-0.05, 0) is 24.6 Å². The van der Waals surface area contributed by atoms with Crippen LogP contribution in [0.1, 0.15) is 16.9 Å². The van der Waals surface area contributed by atoms with Gasteiger partial charge in [-0.3, -0.25) is 9.89 Å². The molecule has 2 heterocycles. The second-order valence-corrected chi connectivity index (χ2v) is 6.16. The summed E-state index contributed by atoms with van der Waals surface area (Å²) >= 11 is 5.86. The maximum Gasteiger partial charge on any atom is 0.271 e. The average molecular weight is 336 g/mol. The molecule has 2 atom stereocenters. The third-order valence-electron chi connectivity index (χ3n) is 4.19. The fourth-order valence-corrected chi connectivity index (χ4v) is 2.87. The number of H-pyrrole nitrogens is 1. The fourth-order valence-electron chi connectivity index (χ4n) is 2.75. The summed E-state index contributed by atoms with van der Waals surface area (Å²) in [5.41, 5.74) is 1.91. The first-order chi connectivity index (χ1) is 11.1. The Morgan fingerprint density at radius 1 is 1.39 bits per heavy atom. The molecule has 6 nitrogen and oxygen atoms in total. The number of β-amino-alcohol motifs (C(OH)–C–C–N with tert-alkyl or cyclic N) is 1. The highest BCUT2D eigenvalue weighted by molar-refractivity contribution is 6.30. The molecule has 2 aromatic rings. The molecule has 1 fully saturated rings. The van der Waals surface area contributed by atoms with Crippen LogP contribution in [0.4, 0.5) is 0 Å². The number of hydrogen-bond acceptors (Lipinski definition) is 4. The largest absolute Gasteiger partial charge is 0.396 e. The SMILES string of the molecule is O=C(c1cc(-c2ccc(Cl)cc2)n[nH]1)N1CC[C@H](CO)[C@H](O)C1. The number of aromatic amines is 1. The van der Waals surface area contributed by atoms with E-state index in [1.165, 1.54) is 0 Å². The van der Waals surface area contributed by atoms with Crippen molar-refractivity contribution in [3.05, 3.63) is 41.0 Å². The second-order valence-electron chi connectivity index (χ2n) is 5.72. The smallest absolute Gasteiger partial charge is 0.271 e. The predicted molar refractivity (Wildman–Crippen MR) is 86.1 cm³/mol. The van der Waals surface area contributed by atoms with E-state index in [9.17, 15) is 9.90 Å². The highest BCUT2D eigenvalue weighted by Crippen LogP contribution is 2.22. The van der Waals surface area contributed by atoms with Crippen molar-refractivity contribution in [2.24, 2.45) is 5.92 Å². The number of nitrogens with zero attached hydrogens (tertiary/aromatic N) is 2. The topological polar surface area (TPSA) is 89.5 Å². The monoisotopic (exact) mass is 335 g/mol. The fraction of sp³-hybridized carbons (Fsp3) is 0.375. The van der Waals surface area contributed by atoms with Crippen molar-refractivity contribution >= 4 is 17.5 Å². The lowest BCUT2D eigenvalue weighted by Gasteiger charge is -2.34. The molecule has 0 bridgehead atoms. The molecule has 0 spiro atoms. The van der Waals surface area contributed by atoms with Crippen LogP contribution in [0.3, 0.4) is 0 Å². The van der Waals surface area contributed by atoms with Crippen molar-refractivity contribution in [1.82, 2.24) is 15.1 Å². The van der Waals surface area contributed by atoms with E-state index in [1.807, 2.05) is 12.1 Å². The summed E-state index contributed by atoms with van der Waals surface area (Å²) in [5, 5.41) is 26.7. The zero-order valence-corrected chi connectivity index (χ0v) is 13.2. The zero-order chi connectivity index (χ0) is 16.4. The van der Waals surface area contributed by atoms with E-state index in [1.54, 1.807) is 23.1 Å². The van der Waals surface area contributed by atoms with E-state index in [-0.39, 0.29) is 25.0 Å². The minimum Gasteiger partial charge on any atom is -0.396 e. The molecule has 0 aliphatic carbocycles. The first-order valence-electron chi connectivity index (χ1n) is 7.48. The Hall–Kier alpha value is -1.89. The molecule has 7 heteroatoms. The van der Waals surface area contributed by atoms with Crippen LogP contribution in [-0.2, 0) is 0 Å². The van der Waals surface area contributed by atoms with Crippen molar-refractivity contribution in [2.45, 2.75) is 12.5 Å². The Morgan fingerprint density at radius 3 is 2.78 bits per heavy atom. The van der Waals surface area contributed by atoms with E-state index in [0.29, 0.717) is 29.4 Å². The summed E-state index contributed by atoms with van der Waals surface area (Å²) < 4.78 is 0. The normalized spacial score (nSPS) is 21.4. The van der Waals surface area contributed by atoms with E-state index < -0.39 is 6.10 Å². The number of carbonyl (C=O) groups excluding carboxylic acids is 1. The van der Waals surface area contributed by atoms with Crippen molar-refractivity contribution in [2.75, 3.05) is 19.7 Å². The summed E-state index contributed by atoms with van der Waals surface area (Å²) in [6.07, 6.45) is -0.113. The molecule has 0 radical (unpaired) electrons. The van der Waals surface area contributed by atoms with Gasteiger partial charge in [0, 0.05) is 36.2 Å². The Morgan fingerprint density at radius 2 is 2.13 bits per heavy atom. The molecule has 3 rings (SSSR count). The molecular formula is C16H18ClN3O3. The Kier molecular flexibility index (Phi) is 4.66. The zero-order valence-electron chi connectivity index (χ0n) is 12.4. The third-order valence-corrected chi connectivity index (χ3v) is 4.44. The number of aromatic nitrogens is 2. The Labute approximate surface area is 138 Å². The van der Waals surface area contributed by atoms with Gasteiger partial charge in [-0.1, -0.05) is 23.7 Å². The van der Waals surface area contributed by atoms with Gasteiger partial charge in [0.25, 0.3) is 5.91 Å². The Balaban J connectivity index is 1.73. The molecule has 0 unspecified atom stereocenters. The molecule has 1 aromatic carbocycles. The van der Waals surface area contributed by atoms with E-state index in [4.69, 9.17) is 16.7 Å². The van der Waals surface area contributed by atoms with E-state index in [0.717, 1.165) is 5.56 Å². The lowest BCUT2D eigenvalue weighted by Crippen LogP contribution is -2.47. The maximum atomic E-state index is 12.5. The van der Waals surface area contributed by atoms with Gasteiger partial charge in [0.2, 0.25) is 0 Å². The number of nitrogens with one attached hydrogen (secondary N) is 1. The van der Waals surface area contributed by atoms with Crippen LogP contribution < -0.4 is 0 Å². The summed E-state index contributed by atoms with van der Waals surface area (Å²) in [7, 11) is 0. The van der Waals surface area contributed by atoms with Gasteiger partial charge in [-0.25, -0.2) is 0 Å². The summed E-state index contributed by atoms with van der Waals surface area (Å²) in [5.74, 6) is -0.362. The second kappa shape index (κ2) is 6.70. The van der Waals surface area contributed by atoms with Crippen molar-refractivity contribution in [1.29, 1.82) is 0 Å². The van der Waals surface area contributed by atoms with Gasteiger partial charge >= 0.3 is 0 Å². The molecular weight excluding hydrogens is 318 g/mol. The average Bonchev–Trinajstić information content (AvgIpc) is 3.04. The van der Waals surface area contributed by atoms with Crippen LogP contribution in [0.15, 0.2) is 30.3 Å². The van der Waals surface area contributed by atoms with Crippen molar-refractivity contribution in [3.8, 4) is 11.3 Å². The number of piperidine rings is 1. The molecule has 3 N–H and O–H groups in total. The van der Waals surface area contributed by atoms with Crippen LogP contribution in [0.2, 0.25) is 5.02 Å². The van der Waals surface area contributed by atoms with Gasteiger partial charge in [0.15, 0.2) is 0 Å². The van der Waals surface area contributed by atoms with Gasteiger partial charge < -0.3 is 15.1 Å². The maximum absolute atomic E-state index is 12.5. The van der Waals surface area contributed by atoms with Gasteiger partial charge in [0.1, 0.15) is 5.69 Å². The van der Waals surface area contributed by atoms with Crippen LogP contribution in [0.25, 0.3) is 11.3 Å². The lowest BCUT2D eigenvalue weighted by molar-refractivity contribution is 0.000657. The van der Waals surface area contributed by atoms with Crippen LogP contribution in [0, 0.1) is 5.92 Å². The quantitative estimate of drug-likeness (QED) is 0.794. The van der Waals surface area contributed by atoms with Crippen LogP contribution >= 0.6 is 11.6 Å². The predicted octanol–water partition coefficient (Wildman–Crippen LogP) is 1.55. The van der Waals surface area contributed by atoms with Gasteiger partial charge in [-0.15, -0.1) is 0 Å². The number of likely N-dealkylation sites (tertiary alicyclic amines) is 1. The van der Waals surface area contributed by atoms with E-state index in [2.05, 4.69) is 10.2 Å². The Bertz CT molecular complexity index is 686. The molecule has 1 amide bonds. The lowest BCUT2D eigenvalue weighted by atomic mass is 9.94. The number of hydrogen-bond donors (Lipinski definition) is 3. The first-order valence-corrected chi connectivity index (χ1v) is 7.86. The number of amides is 1. The minimum absolute atomic E-state index is 0.0615. The molecule has 1 saturated heterocycles. The number of benzene rings is 1. The van der Waals surface area contributed by atoms with Gasteiger partial charge in [-0.2, -0.15) is 5.10 Å².